The maximum Gasteiger partial charge on any atom is 0.261 e. The van der Waals surface area contributed by atoms with Crippen LogP contribution in [0.1, 0.15) is 11.1 Å². The third-order valence-corrected chi connectivity index (χ3v) is 3.97. The molecule has 0 saturated carbocycles. The van der Waals surface area contributed by atoms with Gasteiger partial charge in [0.05, 0.1) is 4.90 Å². The molecule has 98 valence electrons. The number of benzene rings is 2. The highest BCUT2D eigenvalue weighted by molar-refractivity contribution is 7.89. The van der Waals surface area contributed by atoms with E-state index in [1.165, 1.54) is 6.20 Å². The van der Waals surface area contributed by atoms with Gasteiger partial charge in [-0.15, -0.1) is 0 Å². The number of rotatable bonds is 4. The lowest BCUT2D eigenvalue weighted by Crippen LogP contribution is -2.17. The van der Waals surface area contributed by atoms with Crippen LogP contribution in [0.3, 0.4) is 0 Å². The molecule has 0 spiro atoms. The average Bonchev–Trinajstić information content (AvgIpc) is 2.40. The zero-order chi connectivity index (χ0) is 13.7. The first-order chi connectivity index (χ1) is 9.08. The minimum absolute atomic E-state index is 0.260. The molecular formula is C15H15NO2S. The molecule has 4 heteroatoms. The monoisotopic (exact) mass is 273 g/mol. The highest BCUT2D eigenvalue weighted by Crippen LogP contribution is 2.10. The van der Waals surface area contributed by atoms with E-state index < -0.39 is 10.0 Å². The number of hydrogen-bond donors (Lipinski definition) is 1. The second kappa shape index (κ2) is 5.71. The molecule has 0 fully saturated rings. The van der Waals surface area contributed by atoms with E-state index in [9.17, 15) is 8.42 Å². The topological polar surface area (TPSA) is 46.2 Å². The summed E-state index contributed by atoms with van der Waals surface area (Å²) in [7, 11) is -3.48. The fourth-order valence-corrected chi connectivity index (χ4v) is 2.45. The van der Waals surface area contributed by atoms with Crippen molar-refractivity contribution < 1.29 is 8.42 Å². The number of aryl methyl sites for hydroxylation is 1. The maximum absolute atomic E-state index is 12.0. The fraction of sp³-hybridized carbons (Fsp3) is 0.0667. The molecule has 0 aliphatic carbocycles. The molecule has 0 heterocycles. The van der Waals surface area contributed by atoms with Gasteiger partial charge in [0.2, 0.25) is 0 Å². The van der Waals surface area contributed by atoms with Crippen LogP contribution in [0.4, 0.5) is 0 Å². The zero-order valence-corrected chi connectivity index (χ0v) is 11.4. The van der Waals surface area contributed by atoms with Gasteiger partial charge in [-0.05, 0) is 30.7 Å². The molecule has 0 bridgehead atoms. The first-order valence-electron chi connectivity index (χ1n) is 5.88. The van der Waals surface area contributed by atoms with E-state index in [0.29, 0.717) is 0 Å². The fourth-order valence-electron chi connectivity index (χ4n) is 1.57. The molecule has 0 aliphatic heterocycles. The van der Waals surface area contributed by atoms with Gasteiger partial charge in [-0.3, -0.25) is 4.72 Å². The van der Waals surface area contributed by atoms with E-state index in [1.807, 2.05) is 37.3 Å². The predicted molar refractivity (Wildman–Crippen MR) is 77.0 cm³/mol. The van der Waals surface area contributed by atoms with E-state index in [0.717, 1.165) is 11.1 Å². The molecule has 2 aromatic rings. The Labute approximate surface area is 113 Å². The molecular weight excluding hydrogens is 258 g/mol. The van der Waals surface area contributed by atoms with Gasteiger partial charge in [-0.1, -0.05) is 48.0 Å². The summed E-state index contributed by atoms with van der Waals surface area (Å²) in [6.07, 6.45) is 3.15. The second-order valence-electron chi connectivity index (χ2n) is 4.18. The van der Waals surface area contributed by atoms with Crippen molar-refractivity contribution in [2.45, 2.75) is 11.8 Å². The first kappa shape index (κ1) is 13.4. The van der Waals surface area contributed by atoms with E-state index in [4.69, 9.17) is 0 Å². The van der Waals surface area contributed by atoms with Crippen molar-refractivity contribution in [2.24, 2.45) is 0 Å². The van der Waals surface area contributed by atoms with E-state index in [2.05, 4.69) is 4.72 Å². The van der Waals surface area contributed by atoms with Crippen LogP contribution in [0, 0.1) is 6.92 Å². The Morgan fingerprint density at radius 3 is 2.21 bits per heavy atom. The van der Waals surface area contributed by atoms with E-state index >= 15 is 0 Å². The van der Waals surface area contributed by atoms with Gasteiger partial charge in [-0.25, -0.2) is 8.42 Å². The van der Waals surface area contributed by atoms with Gasteiger partial charge in [-0.2, -0.15) is 0 Å². The summed E-state index contributed by atoms with van der Waals surface area (Å²) in [5, 5.41) is 0. The summed E-state index contributed by atoms with van der Waals surface area (Å²) in [5.74, 6) is 0. The Morgan fingerprint density at radius 1 is 0.947 bits per heavy atom. The van der Waals surface area contributed by atoms with Gasteiger partial charge in [0.25, 0.3) is 10.0 Å². The average molecular weight is 273 g/mol. The van der Waals surface area contributed by atoms with Crippen LogP contribution in [0.2, 0.25) is 0 Å². The quantitative estimate of drug-likeness (QED) is 0.931. The van der Waals surface area contributed by atoms with Crippen LogP contribution in [-0.4, -0.2) is 8.42 Å². The molecule has 0 atom stereocenters. The smallest absolute Gasteiger partial charge is 0.261 e. The van der Waals surface area contributed by atoms with E-state index in [1.54, 1.807) is 30.3 Å². The Bertz CT molecular complexity index is 659. The first-order valence-corrected chi connectivity index (χ1v) is 7.37. The molecule has 0 aromatic heterocycles. The second-order valence-corrected chi connectivity index (χ2v) is 5.89. The molecule has 0 radical (unpaired) electrons. The van der Waals surface area contributed by atoms with Crippen molar-refractivity contribution in [1.29, 1.82) is 0 Å². The summed E-state index contributed by atoms with van der Waals surface area (Å²) in [6.45, 7) is 1.92. The minimum Gasteiger partial charge on any atom is -0.286 e. The van der Waals surface area contributed by atoms with Crippen LogP contribution in [0.25, 0.3) is 6.08 Å². The van der Waals surface area contributed by atoms with Crippen LogP contribution in [-0.2, 0) is 10.0 Å². The van der Waals surface area contributed by atoms with Crippen molar-refractivity contribution in [3.63, 3.8) is 0 Å². The number of nitrogens with one attached hydrogen (secondary N) is 1. The molecule has 19 heavy (non-hydrogen) atoms. The zero-order valence-electron chi connectivity index (χ0n) is 10.6. The van der Waals surface area contributed by atoms with Crippen LogP contribution >= 0.6 is 0 Å². The molecule has 1 N–H and O–H groups in total. The largest absolute Gasteiger partial charge is 0.286 e. The molecule has 2 rings (SSSR count). The third kappa shape index (κ3) is 3.69. The van der Waals surface area contributed by atoms with Crippen molar-refractivity contribution in [3.8, 4) is 0 Å². The van der Waals surface area contributed by atoms with Gasteiger partial charge < -0.3 is 0 Å². The van der Waals surface area contributed by atoms with Gasteiger partial charge in [0, 0.05) is 6.20 Å². The van der Waals surface area contributed by atoms with E-state index in [-0.39, 0.29) is 4.90 Å². The highest BCUT2D eigenvalue weighted by atomic mass is 32.2. The summed E-state index contributed by atoms with van der Waals surface area (Å²) < 4.78 is 26.4. The molecule has 3 nitrogen and oxygen atoms in total. The molecule has 0 amide bonds. The van der Waals surface area contributed by atoms with Crippen LogP contribution in [0.15, 0.2) is 65.7 Å². The standard InChI is InChI=1S/C15H15NO2S/c1-13-7-9-15(10-8-13)19(17,18)16-12-11-14-5-3-2-4-6-14/h2-12,16H,1H3/b12-11+. The minimum atomic E-state index is -3.48. The summed E-state index contributed by atoms with van der Waals surface area (Å²) in [5.41, 5.74) is 1.97. The highest BCUT2D eigenvalue weighted by Gasteiger charge is 2.10. The molecule has 2 aromatic carbocycles. The molecule has 0 unspecified atom stereocenters. The van der Waals surface area contributed by atoms with Crippen molar-refractivity contribution in [2.75, 3.05) is 0 Å². The van der Waals surface area contributed by atoms with Crippen LogP contribution in [0.5, 0.6) is 0 Å². The normalized spacial score (nSPS) is 11.6. The summed E-state index contributed by atoms with van der Waals surface area (Å²) in [6, 6.07) is 16.2. The lowest BCUT2D eigenvalue weighted by molar-refractivity contribution is 0.590. The van der Waals surface area contributed by atoms with Gasteiger partial charge in [0.15, 0.2) is 0 Å². The van der Waals surface area contributed by atoms with Gasteiger partial charge in [0.1, 0.15) is 0 Å². The molecule has 0 aliphatic rings. The third-order valence-electron chi connectivity index (χ3n) is 2.63. The lowest BCUT2D eigenvalue weighted by atomic mass is 10.2. The summed E-state index contributed by atoms with van der Waals surface area (Å²) >= 11 is 0. The maximum atomic E-state index is 12.0. The predicted octanol–water partition coefficient (Wildman–Crippen LogP) is 2.94. The number of sulfonamides is 1. The summed E-state index contributed by atoms with van der Waals surface area (Å²) in [4.78, 5) is 0.260. The van der Waals surface area contributed by atoms with Crippen LogP contribution < -0.4 is 4.72 Å². The Hall–Kier alpha value is -2.07. The molecule has 0 saturated heterocycles. The Morgan fingerprint density at radius 2 is 1.58 bits per heavy atom. The Kier molecular flexibility index (Phi) is 4.02. The van der Waals surface area contributed by atoms with Gasteiger partial charge >= 0.3 is 0 Å². The lowest BCUT2D eigenvalue weighted by Gasteiger charge is -2.04. The van der Waals surface area contributed by atoms with Crippen molar-refractivity contribution >= 4 is 16.1 Å². The number of hydrogen-bond acceptors (Lipinski definition) is 2. The SMILES string of the molecule is Cc1ccc(S(=O)(=O)N/C=C/c2ccccc2)cc1. The van der Waals surface area contributed by atoms with Crippen molar-refractivity contribution in [1.82, 2.24) is 4.72 Å². The Balaban J connectivity index is 2.10. The van der Waals surface area contributed by atoms with Crippen molar-refractivity contribution in [3.05, 3.63) is 71.9 Å².